The number of aliphatic hydroxyl groups is 1. The predicted molar refractivity (Wildman–Crippen MR) is 74.6 cm³/mol. The number of aryl methyl sites for hydroxylation is 1. The highest BCUT2D eigenvalue weighted by Gasteiger charge is 2.16. The molecule has 0 saturated carbocycles. The maximum absolute atomic E-state index is 10.5. The molecule has 0 aliphatic carbocycles. The Hall–Kier alpha value is -1.98. The molecule has 5 heteroatoms. The molecule has 2 rings (SSSR count). The molecule has 0 fully saturated rings. The summed E-state index contributed by atoms with van der Waals surface area (Å²) in [6.45, 7) is 2.72. The van der Waals surface area contributed by atoms with Crippen LogP contribution in [0, 0.1) is 6.92 Å². The SMILES string of the molecule is COCCOc1ccccc1C(O)c1ccnc(C)n1. The number of methoxy groups -OCH3 is 1. The minimum absolute atomic E-state index is 0.434. The van der Waals surface area contributed by atoms with E-state index in [0.29, 0.717) is 36.0 Å². The normalized spacial score (nSPS) is 12.2. The van der Waals surface area contributed by atoms with Gasteiger partial charge in [-0.1, -0.05) is 18.2 Å². The van der Waals surface area contributed by atoms with Gasteiger partial charge in [-0.15, -0.1) is 0 Å². The van der Waals surface area contributed by atoms with Crippen LogP contribution in [-0.2, 0) is 4.74 Å². The highest BCUT2D eigenvalue weighted by Crippen LogP contribution is 2.28. The molecule has 1 N–H and O–H groups in total. The molecule has 5 nitrogen and oxygen atoms in total. The topological polar surface area (TPSA) is 64.5 Å². The number of rotatable bonds is 6. The van der Waals surface area contributed by atoms with E-state index >= 15 is 0 Å². The Morgan fingerprint density at radius 2 is 2.00 bits per heavy atom. The molecular weight excluding hydrogens is 256 g/mol. The van der Waals surface area contributed by atoms with Crippen molar-refractivity contribution in [2.45, 2.75) is 13.0 Å². The number of ether oxygens (including phenoxy) is 2. The molecule has 1 aromatic carbocycles. The van der Waals surface area contributed by atoms with Crippen molar-refractivity contribution in [2.24, 2.45) is 0 Å². The van der Waals surface area contributed by atoms with Gasteiger partial charge in [0.15, 0.2) is 0 Å². The zero-order chi connectivity index (χ0) is 14.4. The van der Waals surface area contributed by atoms with Gasteiger partial charge in [0.25, 0.3) is 0 Å². The van der Waals surface area contributed by atoms with Crippen molar-refractivity contribution in [1.82, 2.24) is 9.97 Å². The van der Waals surface area contributed by atoms with E-state index in [4.69, 9.17) is 9.47 Å². The first-order valence-electron chi connectivity index (χ1n) is 6.40. The molecule has 0 amide bonds. The summed E-state index contributed by atoms with van der Waals surface area (Å²) in [5.41, 5.74) is 1.24. The van der Waals surface area contributed by atoms with Crippen LogP contribution >= 0.6 is 0 Å². The zero-order valence-corrected chi connectivity index (χ0v) is 11.6. The predicted octanol–water partition coefficient (Wildman–Crippen LogP) is 1.89. The van der Waals surface area contributed by atoms with Gasteiger partial charge in [0.2, 0.25) is 0 Å². The molecule has 1 aromatic heterocycles. The van der Waals surface area contributed by atoms with E-state index in [1.54, 1.807) is 26.3 Å². The van der Waals surface area contributed by atoms with Gasteiger partial charge in [-0.3, -0.25) is 0 Å². The lowest BCUT2D eigenvalue weighted by molar-refractivity contribution is 0.142. The number of hydrogen-bond donors (Lipinski definition) is 1. The number of para-hydroxylation sites is 1. The summed E-state index contributed by atoms with van der Waals surface area (Å²) in [7, 11) is 1.62. The lowest BCUT2D eigenvalue weighted by Gasteiger charge is -2.16. The van der Waals surface area contributed by atoms with E-state index in [0.717, 1.165) is 0 Å². The monoisotopic (exact) mass is 274 g/mol. The third-order valence-corrected chi connectivity index (χ3v) is 2.84. The van der Waals surface area contributed by atoms with Crippen molar-refractivity contribution in [1.29, 1.82) is 0 Å². The molecule has 2 aromatic rings. The van der Waals surface area contributed by atoms with Gasteiger partial charge in [-0.05, 0) is 19.1 Å². The second-order valence-electron chi connectivity index (χ2n) is 4.31. The van der Waals surface area contributed by atoms with Gasteiger partial charge in [0, 0.05) is 18.9 Å². The zero-order valence-electron chi connectivity index (χ0n) is 11.6. The average molecular weight is 274 g/mol. The van der Waals surface area contributed by atoms with Gasteiger partial charge >= 0.3 is 0 Å². The van der Waals surface area contributed by atoms with Gasteiger partial charge < -0.3 is 14.6 Å². The number of nitrogens with zero attached hydrogens (tertiary/aromatic N) is 2. The molecule has 0 bridgehead atoms. The van der Waals surface area contributed by atoms with E-state index in [1.165, 1.54) is 0 Å². The van der Waals surface area contributed by atoms with Crippen LogP contribution in [0.2, 0.25) is 0 Å². The Morgan fingerprint density at radius 1 is 1.20 bits per heavy atom. The van der Waals surface area contributed by atoms with Crippen LogP contribution < -0.4 is 4.74 Å². The second kappa shape index (κ2) is 6.98. The van der Waals surface area contributed by atoms with Gasteiger partial charge in [-0.2, -0.15) is 0 Å². The molecule has 0 aliphatic heterocycles. The van der Waals surface area contributed by atoms with E-state index in [2.05, 4.69) is 9.97 Å². The summed E-state index contributed by atoms with van der Waals surface area (Å²) < 4.78 is 10.6. The molecular formula is C15H18N2O3. The molecule has 20 heavy (non-hydrogen) atoms. The first-order valence-corrected chi connectivity index (χ1v) is 6.40. The van der Waals surface area contributed by atoms with Crippen LogP contribution in [0.5, 0.6) is 5.75 Å². The molecule has 1 heterocycles. The number of aliphatic hydroxyl groups excluding tert-OH is 1. The highest BCUT2D eigenvalue weighted by atomic mass is 16.5. The summed E-state index contributed by atoms with van der Waals surface area (Å²) in [6, 6.07) is 9.06. The van der Waals surface area contributed by atoms with Crippen LogP contribution in [0.4, 0.5) is 0 Å². The first kappa shape index (κ1) is 14.4. The Morgan fingerprint density at radius 3 is 2.75 bits per heavy atom. The van der Waals surface area contributed by atoms with Crippen molar-refractivity contribution >= 4 is 0 Å². The third kappa shape index (κ3) is 3.53. The van der Waals surface area contributed by atoms with Crippen molar-refractivity contribution < 1.29 is 14.6 Å². The fraction of sp³-hybridized carbons (Fsp3) is 0.333. The van der Waals surface area contributed by atoms with Crippen molar-refractivity contribution in [3.8, 4) is 5.75 Å². The van der Waals surface area contributed by atoms with Crippen LogP contribution in [0.1, 0.15) is 23.2 Å². The quantitative estimate of drug-likeness (QED) is 0.815. The maximum Gasteiger partial charge on any atom is 0.125 e. The lowest BCUT2D eigenvalue weighted by Crippen LogP contribution is -2.09. The van der Waals surface area contributed by atoms with E-state index in [9.17, 15) is 5.11 Å². The fourth-order valence-corrected chi connectivity index (χ4v) is 1.86. The molecule has 0 aliphatic rings. The largest absolute Gasteiger partial charge is 0.491 e. The van der Waals surface area contributed by atoms with Crippen LogP contribution in [0.3, 0.4) is 0 Å². The summed E-state index contributed by atoms with van der Waals surface area (Å²) >= 11 is 0. The number of hydrogen-bond acceptors (Lipinski definition) is 5. The average Bonchev–Trinajstić information content (AvgIpc) is 2.47. The van der Waals surface area contributed by atoms with E-state index in [-0.39, 0.29) is 0 Å². The Balaban J connectivity index is 2.23. The fourth-order valence-electron chi connectivity index (χ4n) is 1.86. The first-order chi connectivity index (χ1) is 9.72. The highest BCUT2D eigenvalue weighted by molar-refractivity contribution is 5.38. The Kier molecular flexibility index (Phi) is 5.03. The molecule has 0 radical (unpaired) electrons. The van der Waals surface area contributed by atoms with Crippen LogP contribution in [0.25, 0.3) is 0 Å². The van der Waals surface area contributed by atoms with E-state index < -0.39 is 6.10 Å². The molecule has 0 saturated heterocycles. The Bertz CT molecular complexity index is 560. The van der Waals surface area contributed by atoms with Crippen LogP contribution in [0.15, 0.2) is 36.5 Å². The lowest BCUT2D eigenvalue weighted by atomic mass is 10.1. The summed E-state index contributed by atoms with van der Waals surface area (Å²) in [4.78, 5) is 8.27. The van der Waals surface area contributed by atoms with E-state index in [1.807, 2.05) is 24.3 Å². The summed E-state index contributed by atoms with van der Waals surface area (Å²) in [5.74, 6) is 1.26. The number of benzene rings is 1. The molecule has 1 atom stereocenters. The minimum Gasteiger partial charge on any atom is -0.491 e. The summed E-state index contributed by atoms with van der Waals surface area (Å²) in [6.07, 6.45) is 0.797. The van der Waals surface area contributed by atoms with Crippen LogP contribution in [-0.4, -0.2) is 35.4 Å². The maximum atomic E-state index is 10.5. The van der Waals surface area contributed by atoms with Gasteiger partial charge in [0.1, 0.15) is 24.3 Å². The second-order valence-corrected chi connectivity index (χ2v) is 4.31. The molecule has 1 unspecified atom stereocenters. The standard InChI is InChI=1S/C15H18N2O3/c1-11-16-8-7-13(17-11)15(18)12-5-3-4-6-14(12)20-10-9-19-2/h3-8,15,18H,9-10H2,1-2H3. The number of aromatic nitrogens is 2. The van der Waals surface area contributed by atoms with Crippen molar-refractivity contribution in [3.05, 3.63) is 53.6 Å². The smallest absolute Gasteiger partial charge is 0.125 e. The van der Waals surface area contributed by atoms with Crippen molar-refractivity contribution in [2.75, 3.05) is 20.3 Å². The Labute approximate surface area is 118 Å². The van der Waals surface area contributed by atoms with Gasteiger partial charge in [0.05, 0.1) is 12.3 Å². The third-order valence-electron chi connectivity index (χ3n) is 2.84. The molecule has 0 spiro atoms. The molecule has 106 valence electrons. The minimum atomic E-state index is -0.838. The van der Waals surface area contributed by atoms with Gasteiger partial charge in [-0.25, -0.2) is 9.97 Å². The van der Waals surface area contributed by atoms with Crippen molar-refractivity contribution in [3.63, 3.8) is 0 Å². The summed E-state index contributed by atoms with van der Waals surface area (Å²) in [5, 5.41) is 10.5.